The number of hydrogen-bond donors (Lipinski definition) is 2. The van der Waals surface area contributed by atoms with Crippen LogP contribution in [0.1, 0.15) is 5.56 Å². The molecule has 25 heavy (non-hydrogen) atoms. The van der Waals surface area contributed by atoms with Crippen molar-refractivity contribution < 1.29 is 27.8 Å². The Bertz CT molecular complexity index is 726. The van der Waals surface area contributed by atoms with Crippen LogP contribution in [0.5, 0.6) is 17.2 Å². The van der Waals surface area contributed by atoms with Gasteiger partial charge in [0.1, 0.15) is 5.75 Å². The van der Waals surface area contributed by atoms with Crippen molar-refractivity contribution >= 4 is 11.7 Å². The van der Waals surface area contributed by atoms with Crippen molar-refractivity contribution in [1.29, 1.82) is 0 Å². The van der Waals surface area contributed by atoms with E-state index in [-0.39, 0.29) is 12.3 Å². The molecule has 2 aromatic rings. The van der Waals surface area contributed by atoms with Crippen LogP contribution in [0.3, 0.4) is 0 Å². The summed E-state index contributed by atoms with van der Waals surface area (Å²) in [6.45, 7) is -2.73. The lowest BCUT2D eigenvalue weighted by molar-refractivity contribution is -0.0497. The van der Waals surface area contributed by atoms with Gasteiger partial charge in [-0.1, -0.05) is 18.2 Å². The Hall–Kier alpha value is -3.03. The van der Waals surface area contributed by atoms with Crippen molar-refractivity contribution in [3.05, 3.63) is 48.0 Å². The lowest BCUT2D eigenvalue weighted by Crippen LogP contribution is -2.28. The normalized spacial score (nSPS) is 10.3. The molecule has 134 valence electrons. The fraction of sp³-hybridized carbons (Fsp3) is 0.235. The first-order valence-corrected chi connectivity index (χ1v) is 7.33. The van der Waals surface area contributed by atoms with Gasteiger partial charge in [-0.25, -0.2) is 4.79 Å². The summed E-state index contributed by atoms with van der Waals surface area (Å²) in [5, 5.41) is 5.20. The molecule has 0 aliphatic carbocycles. The van der Waals surface area contributed by atoms with E-state index in [1.165, 1.54) is 32.4 Å². The molecule has 0 spiro atoms. The van der Waals surface area contributed by atoms with Gasteiger partial charge in [-0.15, -0.1) is 0 Å². The third-order valence-corrected chi connectivity index (χ3v) is 3.24. The maximum atomic E-state index is 12.2. The van der Waals surface area contributed by atoms with E-state index in [1.54, 1.807) is 24.3 Å². The minimum atomic E-state index is -2.93. The molecular formula is C17H18F2N2O4. The van der Waals surface area contributed by atoms with Crippen LogP contribution in [0, 0.1) is 0 Å². The van der Waals surface area contributed by atoms with Crippen LogP contribution in [0.15, 0.2) is 42.5 Å². The average Bonchev–Trinajstić information content (AvgIpc) is 2.59. The Labute approximate surface area is 143 Å². The molecule has 0 aliphatic rings. The SMILES string of the molecule is COc1cccc(CNC(=O)Nc2cccc(OC(F)F)c2)c1OC. The van der Waals surface area contributed by atoms with Gasteiger partial charge in [-0.2, -0.15) is 8.78 Å². The molecular weight excluding hydrogens is 334 g/mol. The highest BCUT2D eigenvalue weighted by Crippen LogP contribution is 2.30. The fourth-order valence-electron chi connectivity index (χ4n) is 2.19. The van der Waals surface area contributed by atoms with E-state index in [0.29, 0.717) is 17.2 Å². The number of para-hydroxylation sites is 1. The predicted octanol–water partition coefficient (Wildman–Crippen LogP) is 3.63. The molecule has 2 aromatic carbocycles. The minimum absolute atomic E-state index is 0.0396. The van der Waals surface area contributed by atoms with Crippen LogP contribution in [0.4, 0.5) is 19.3 Å². The molecule has 0 radical (unpaired) electrons. The third kappa shape index (κ3) is 5.23. The van der Waals surface area contributed by atoms with Crippen molar-refractivity contribution in [1.82, 2.24) is 5.32 Å². The molecule has 8 heteroatoms. The van der Waals surface area contributed by atoms with Gasteiger partial charge in [0.05, 0.1) is 14.2 Å². The van der Waals surface area contributed by atoms with Gasteiger partial charge < -0.3 is 24.8 Å². The van der Waals surface area contributed by atoms with Crippen LogP contribution in [-0.2, 0) is 6.54 Å². The largest absolute Gasteiger partial charge is 0.493 e. The van der Waals surface area contributed by atoms with Gasteiger partial charge in [0.25, 0.3) is 0 Å². The lowest BCUT2D eigenvalue weighted by Gasteiger charge is -2.13. The second-order valence-electron chi connectivity index (χ2n) is 4.87. The summed E-state index contributed by atoms with van der Waals surface area (Å²) in [5.74, 6) is 1.04. The summed E-state index contributed by atoms with van der Waals surface area (Å²) in [6.07, 6.45) is 0. The maximum Gasteiger partial charge on any atom is 0.387 e. The molecule has 0 aliphatic heterocycles. The van der Waals surface area contributed by atoms with Gasteiger partial charge in [0.15, 0.2) is 11.5 Å². The van der Waals surface area contributed by atoms with Gasteiger partial charge in [-0.05, 0) is 18.2 Å². The zero-order valence-electron chi connectivity index (χ0n) is 13.7. The summed E-state index contributed by atoms with van der Waals surface area (Å²) in [7, 11) is 3.03. The van der Waals surface area contributed by atoms with E-state index >= 15 is 0 Å². The number of methoxy groups -OCH3 is 2. The van der Waals surface area contributed by atoms with E-state index < -0.39 is 12.6 Å². The first kappa shape index (κ1) is 18.3. The third-order valence-electron chi connectivity index (χ3n) is 3.24. The van der Waals surface area contributed by atoms with Crippen molar-refractivity contribution in [3.8, 4) is 17.2 Å². The number of benzene rings is 2. The molecule has 2 rings (SSSR count). The van der Waals surface area contributed by atoms with Gasteiger partial charge >= 0.3 is 12.6 Å². The zero-order valence-corrected chi connectivity index (χ0v) is 13.7. The van der Waals surface area contributed by atoms with Crippen molar-refractivity contribution in [2.45, 2.75) is 13.2 Å². The molecule has 2 amide bonds. The summed E-state index contributed by atoms with van der Waals surface area (Å²) < 4.78 is 39.2. The van der Waals surface area contributed by atoms with Crippen LogP contribution in [-0.4, -0.2) is 26.9 Å². The number of anilines is 1. The number of hydrogen-bond acceptors (Lipinski definition) is 4. The molecule has 0 saturated heterocycles. The fourth-order valence-corrected chi connectivity index (χ4v) is 2.19. The predicted molar refractivity (Wildman–Crippen MR) is 88.5 cm³/mol. The molecule has 0 saturated carbocycles. The second kappa shape index (κ2) is 8.72. The molecule has 0 bridgehead atoms. The van der Waals surface area contributed by atoms with Gasteiger partial charge in [0, 0.05) is 23.9 Å². The lowest BCUT2D eigenvalue weighted by atomic mass is 10.2. The highest BCUT2D eigenvalue weighted by Gasteiger charge is 2.11. The van der Waals surface area contributed by atoms with E-state index in [2.05, 4.69) is 15.4 Å². The highest BCUT2D eigenvalue weighted by molar-refractivity contribution is 5.89. The van der Waals surface area contributed by atoms with E-state index in [0.717, 1.165) is 5.56 Å². The molecule has 0 fully saturated rings. The van der Waals surface area contributed by atoms with Crippen molar-refractivity contribution in [2.75, 3.05) is 19.5 Å². The summed E-state index contributed by atoms with van der Waals surface area (Å²) in [4.78, 5) is 12.0. The Kier molecular flexibility index (Phi) is 6.39. The Morgan fingerprint density at radius 1 is 1.12 bits per heavy atom. The van der Waals surface area contributed by atoms with E-state index in [1.807, 2.05) is 0 Å². The molecule has 2 N–H and O–H groups in total. The topological polar surface area (TPSA) is 68.8 Å². The van der Waals surface area contributed by atoms with E-state index in [9.17, 15) is 13.6 Å². The maximum absolute atomic E-state index is 12.2. The summed E-state index contributed by atoms with van der Waals surface area (Å²) >= 11 is 0. The molecule has 6 nitrogen and oxygen atoms in total. The second-order valence-corrected chi connectivity index (χ2v) is 4.87. The van der Waals surface area contributed by atoms with Crippen molar-refractivity contribution in [3.63, 3.8) is 0 Å². The first-order chi connectivity index (χ1) is 12.0. The van der Waals surface area contributed by atoms with Crippen molar-refractivity contribution in [2.24, 2.45) is 0 Å². The Morgan fingerprint density at radius 2 is 1.88 bits per heavy atom. The van der Waals surface area contributed by atoms with Crippen LogP contribution in [0.2, 0.25) is 0 Å². The number of halogens is 2. The smallest absolute Gasteiger partial charge is 0.387 e. The van der Waals surface area contributed by atoms with Gasteiger partial charge in [-0.3, -0.25) is 0 Å². The quantitative estimate of drug-likeness (QED) is 0.798. The van der Waals surface area contributed by atoms with Crippen LogP contribution in [0.25, 0.3) is 0 Å². The number of carbonyl (C=O) groups is 1. The number of rotatable bonds is 7. The molecule has 0 atom stereocenters. The number of alkyl halides is 2. The molecule has 0 unspecified atom stereocenters. The summed E-state index contributed by atoms with van der Waals surface area (Å²) in [6, 6.07) is 10.5. The average molecular weight is 352 g/mol. The number of nitrogens with one attached hydrogen (secondary N) is 2. The molecule has 0 aromatic heterocycles. The summed E-state index contributed by atoms with van der Waals surface area (Å²) in [5.41, 5.74) is 1.06. The molecule has 0 heterocycles. The number of carbonyl (C=O) groups excluding carboxylic acids is 1. The monoisotopic (exact) mass is 352 g/mol. The number of urea groups is 1. The van der Waals surface area contributed by atoms with Crippen LogP contribution >= 0.6 is 0 Å². The van der Waals surface area contributed by atoms with E-state index in [4.69, 9.17) is 9.47 Å². The van der Waals surface area contributed by atoms with Gasteiger partial charge in [0.2, 0.25) is 0 Å². The van der Waals surface area contributed by atoms with Crippen LogP contribution < -0.4 is 24.8 Å². The number of amides is 2. The standard InChI is InChI=1S/C17H18F2N2O4/c1-23-14-8-3-5-11(15(14)24-2)10-20-17(22)21-12-6-4-7-13(9-12)25-16(18)19/h3-9,16H,10H2,1-2H3,(H2,20,21,22). The minimum Gasteiger partial charge on any atom is -0.493 e. The number of ether oxygens (including phenoxy) is 3. The Morgan fingerprint density at radius 3 is 2.56 bits per heavy atom. The zero-order chi connectivity index (χ0) is 18.2. The highest BCUT2D eigenvalue weighted by atomic mass is 19.3. The first-order valence-electron chi connectivity index (χ1n) is 7.33. The Balaban J connectivity index is 1.97.